The van der Waals surface area contributed by atoms with Crippen molar-refractivity contribution in [3.05, 3.63) is 53.6 Å². The summed E-state index contributed by atoms with van der Waals surface area (Å²) in [5.41, 5.74) is 1.47. The number of hydrogen-bond acceptors (Lipinski definition) is 7. The van der Waals surface area contributed by atoms with Crippen LogP contribution in [0.1, 0.15) is 24.0 Å². The van der Waals surface area contributed by atoms with Crippen LogP contribution in [0.2, 0.25) is 0 Å². The summed E-state index contributed by atoms with van der Waals surface area (Å²) in [6.45, 7) is 3.88. The van der Waals surface area contributed by atoms with Crippen LogP contribution in [-0.2, 0) is 36.1 Å². The molecule has 2 fully saturated rings. The third-order valence-electron chi connectivity index (χ3n) is 6.76. The molecular formula is C25H33N3O7S2. The molecule has 2 aliphatic rings. The predicted octanol–water partition coefficient (Wildman–Crippen LogP) is 1.74. The van der Waals surface area contributed by atoms with Crippen LogP contribution in [-0.4, -0.2) is 77.9 Å². The Balaban J connectivity index is 1.36. The van der Waals surface area contributed by atoms with E-state index in [1.807, 2.05) is 0 Å². The number of nitrogens with one attached hydrogen (secondary N) is 1. The van der Waals surface area contributed by atoms with E-state index in [1.54, 1.807) is 31.2 Å². The summed E-state index contributed by atoms with van der Waals surface area (Å²) in [5.74, 6) is -0.0822. The van der Waals surface area contributed by atoms with Crippen molar-refractivity contribution in [2.24, 2.45) is 5.92 Å². The van der Waals surface area contributed by atoms with E-state index in [2.05, 4.69) is 5.32 Å². The maximum absolute atomic E-state index is 13.2. The number of benzene rings is 2. The smallest absolute Gasteiger partial charge is 0.243 e. The van der Waals surface area contributed by atoms with Gasteiger partial charge in [-0.2, -0.15) is 8.61 Å². The number of morpholine rings is 1. The molecule has 2 aromatic carbocycles. The Bertz CT molecular complexity index is 1320. The van der Waals surface area contributed by atoms with Gasteiger partial charge in [0, 0.05) is 32.7 Å². The third kappa shape index (κ3) is 6.15. The van der Waals surface area contributed by atoms with Gasteiger partial charge < -0.3 is 14.8 Å². The SMILES string of the molecule is COc1ccc(S(=O)(=O)N2CCCC(C(=O)NCc3ccc(S(=O)(=O)N4CCOCC4)cc3)C2)cc1C. The number of carbonyl (C=O) groups excluding carboxylic acids is 1. The van der Waals surface area contributed by atoms with Gasteiger partial charge in [0.15, 0.2) is 0 Å². The molecule has 0 bridgehead atoms. The summed E-state index contributed by atoms with van der Waals surface area (Å²) in [7, 11) is -5.79. The van der Waals surface area contributed by atoms with Crippen molar-refractivity contribution in [2.45, 2.75) is 36.1 Å². The fourth-order valence-corrected chi connectivity index (χ4v) is 7.60. The molecule has 1 unspecified atom stereocenters. The van der Waals surface area contributed by atoms with Crippen LogP contribution in [0.3, 0.4) is 0 Å². The van der Waals surface area contributed by atoms with E-state index in [-0.39, 0.29) is 28.8 Å². The molecule has 2 aromatic rings. The van der Waals surface area contributed by atoms with Gasteiger partial charge in [0.25, 0.3) is 0 Å². The van der Waals surface area contributed by atoms with Crippen molar-refractivity contribution in [1.82, 2.24) is 13.9 Å². The molecule has 0 saturated carbocycles. The van der Waals surface area contributed by atoms with Gasteiger partial charge >= 0.3 is 0 Å². The zero-order valence-electron chi connectivity index (χ0n) is 21.1. The van der Waals surface area contributed by atoms with Crippen molar-refractivity contribution in [1.29, 1.82) is 0 Å². The van der Waals surface area contributed by atoms with E-state index in [1.165, 1.54) is 33.9 Å². The van der Waals surface area contributed by atoms with Crippen molar-refractivity contribution < 1.29 is 31.1 Å². The molecule has 202 valence electrons. The van der Waals surface area contributed by atoms with E-state index in [0.717, 1.165) is 11.1 Å². The highest BCUT2D eigenvalue weighted by atomic mass is 32.2. The highest BCUT2D eigenvalue weighted by Crippen LogP contribution is 2.27. The molecule has 1 N–H and O–H groups in total. The first-order valence-corrected chi connectivity index (χ1v) is 15.1. The largest absolute Gasteiger partial charge is 0.496 e. The van der Waals surface area contributed by atoms with E-state index < -0.39 is 26.0 Å². The van der Waals surface area contributed by atoms with Gasteiger partial charge in [-0.05, 0) is 61.2 Å². The fraction of sp³-hybridized carbons (Fsp3) is 0.480. The number of ether oxygens (including phenoxy) is 2. The Morgan fingerprint density at radius 3 is 2.27 bits per heavy atom. The molecule has 12 heteroatoms. The normalized spacial score (nSPS) is 19.9. The second-order valence-corrected chi connectivity index (χ2v) is 13.1. The lowest BCUT2D eigenvalue weighted by Gasteiger charge is -2.31. The maximum Gasteiger partial charge on any atom is 0.243 e. The van der Waals surface area contributed by atoms with Crippen LogP contribution >= 0.6 is 0 Å². The van der Waals surface area contributed by atoms with Gasteiger partial charge in [0.2, 0.25) is 26.0 Å². The minimum atomic E-state index is -3.74. The topological polar surface area (TPSA) is 122 Å². The average Bonchev–Trinajstić information content (AvgIpc) is 2.92. The Morgan fingerprint density at radius 2 is 1.62 bits per heavy atom. The van der Waals surface area contributed by atoms with Gasteiger partial charge in [-0.3, -0.25) is 4.79 Å². The lowest BCUT2D eigenvalue weighted by Crippen LogP contribution is -2.45. The van der Waals surface area contributed by atoms with Crippen LogP contribution in [0.25, 0.3) is 0 Å². The molecule has 0 spiro atoms. The molecule has 0 radical (unpaired) electrons. The van der Waals surface area contributed by atoms with Crippen molar-refractivity contribution in [3.8, 4) is 5.75 Å². The van der Waals surface area contributed by atoms with Crippen LogP contribution in [0.15, 0.2) is 52.3 Å². The predicted molar refractivity (Wildman–Crippen MR) is 137 cm³/mol. The number of aryl methyl sites for hydroxylation is 1. The zero-order chi connectivity index (χ0) is 26.6. The Hall–Kier alpha value is -2.51. The number of piperidine rings is 1. The summed E-state index contributed by atoms with van der Waals surface area (Å²) >= 11 is 0. The lowest BCUT2D eigenvalue weighted by atomic mass is 9.99. The van der Waals surface area contributed by atoms with Crippen LogP contribution in [0.4, 0.5) is 0 Å². The molecule has 0 aliphatic carbocycles. The summed E-state index contributed by atoms with van der Waals surface area (Å²) in [6, 6.07) is 11.2. The fourth-order valence-electron chi connectivity index (χ4n) is 4.58. The van der Waals surface area contributed by atoms with E-state index in [4.69, 9.17) is 9.47 Å². The van der Waals surface area contributed by atoms with Crippen molar-refractivity contribution in [3.63, 3.8) is 0 Å². The Kier molecular flexibility index (Phi) is 8.54. The van der Waals surface area contributed by atoms with E-state index in [0.29, 0.717) is 51.4 Å². The number of carbonyl (C=O) groups is 1. The number of rotatable bonds is 8. The van der Waals surface area contributed by atoms with E-state index in [9.17, 15) is 21.6 Å². The van der Waals surface area contributed by atoms with Crippen LogP contribution in [0.5, 0.6) is 5.75 Å². The number of hydrogen-bond donors (Lipinski definition) is 1. The zero-order valence-corrected chi connectivity index (χ0v) is 22.7. The molecule has 2 aliphatic heterocycles. The second-order valence-electron chi connectivity index (χ2n) is 9.21. The quantitative estimate of drug-likeness (QED) is 0.530. The molecule has 4 rings (SSSR count). The summed E-state index contributed by atoms with van der Waals surface area (Å²) < 4.78 is 65.2. The van der Waals surface area contributed by atoms with Gasteiger partial charge in [0.1, 0.15) is 5.75 Å². The van der Waals surface area contributed by atoms with Gasteiger partial charge in [-0.1, -0.05) is 12.1 Å². The van der Waals surface area contributed by atoms with Gasteiger partial charge in [-0.25, -0.2) is 16.8 Å². The molecule has 37 heavy (non-hydrogen) atoms. The molecule has 2 saturated heterocycles. The molecule has 0 aromatic heterocycles. The minimum Gasteiger partial charge on any atom is -0.496 e. The second kappa shape index (κ2) is 11.5. The van der Waals surface area contributed by atoms with Crippen LogP contribution < -0.4 is 10.1 Å². The highest BCUT2D eigenvalue weighted by Gasteiger charge is 2.33. The molecule has 1 atom stereocenters. The maximum atomic E-state index is 13.2. The number of amides is 1. The first kappa shape index (κ1) is 27.5. The summed E-state index contributed by atoms with van der Waals surface area (Å²) in [6.07, 6.45) is 1.18. The lowest BCUT2D eigenvalue weighted by molar-refractivity contribution is -0.126. The first-order chi connectivity index (χ1) is 17.6. The molecule has 1 amide bonds. The monoisotopic (exact) mass is 551 g/mol. The molecular weight excluding hydrogens is 518 g/mol. The van der Waals surface area contributed by atoms with Crippen molar-refractivity contribution in [2.75, 3.05) is 46.5 Å². The average molecular weight is 552 g/mol. The third-order valence-corrected chi connectivity index (χ3v) is 10.5. The Labute approximate surface area is 218 Å². The number of sulfonamides is 2. The highest BCUT2D eigenvalue weighted by molar-refractivity contribution is 7.89. The number of nitrogens with zero attached hydrogens (tertiary/aromatic N) is 2. The minimum absolute atomic E-state index is 0.107. The van der Waals surface area contributed by atoms with Gasteiger partial charge in [0.05, 0.1) is 36.0 Å². The summed E-state index contributed by atoms with van der Waals surface area (Å²) in [4.78, 5) is 13.3. The Morgan fingerprint density at radius 1 is 0.973 bits per heavy atom. The first-order valence-electron chi connectivity index (χ1n) is 12.2. The van der Waals surface area contributed by atoms with Crippen molar-refractivity contribution >= 4 is 26.0 Å². The van der Waals surface area contributed by atoms with Crippen LogP contribution in [0, 0.1) is 12.8 Å². The standard InChI is InChI=1S/C25H33N3O7S2/c1-19-16-23(9-10-24(19)34-2)37(32,33)28-11-3-4-21(18-28)25(29)26-17-20-5-7-22(8-6-20)36(30,31)27-12-14-35-15-13-27/h5-10,16,21H,3-4,11-15,17-18H2,1-2H3,(H,26,29). The van der Waals surface area contributed by atoms with E-state index >= 15 is 0 Å². The molecule has 2 heterocycles. The number of methoxy groups -OCH3 is 1. The van der Waals surface area contributed by atoms with Gasteiger partial charge in [-0.15, -0.1) is 0 Å². The molecule has 10 nitrogen and oxygen atoms in total. The summed E-state index contributed by atoms with van der Waals surface area (Å²) in [5, 5.41) is 2.87.